The van der Waals surface area contributed by atoms with E-state index in [9.17, 15) is 9.59 Å². The lowest BCUT2D eigenvalue weighted by atomic mass is 10.2. The molecule has 1 aliphatic rings. The van der Waals surface area contributed by atoms with Gasteiger partial charge < -0.3 is 14.8 Å². The maximum atomic E-state index is 12.4. The number of amides is 1. The minimum absolute atomic E-state index is 0.245. The molecule has 8 heteroatoms. The third kappa shape index (κ3) is 5.38. The van der Waals surface area contributed by atoms with Crippen molar-refractivity contribution in [3.8, 4) is 11.5 Å². The van der Waals surface area contributed by atoms with Crippen LogP contribution in [-0.4, -0.2) is 24.2 Å². The van der Waals surface area contributed by atoms with Gasteiger partial charge in [-0.05, 0) is 84.1 Å². The SMILES string of the molecule is COc1ccc(N=C2NC(=O)C(=Cc3cccc(OC(=O)c4ccc(Cl)cc4)c3)S2)cc1. The fourth-order valence-corrected chi connectivity index (χ4v) is 3.79. The summed E-state index contributed by atoms with van der Waals surface area (Å²) in [5.74, 6) is 0.364. The van der Waals surface area contributed by atoms with E-state index in [0.29, 0.717) is 32.1 Å². The van der Waals surface area contributed by atoms with E-state index in [0.717, 1.165) is 11.3 Å². The average Bonchev–Trinajstić information content (AvgIpc) is 3.13. The van der Waals surface area contributed by atoms with Crippen LogP contribution in [0.2, 0.25) is 5.02 Å². The normalized spacial score (nSPS) is 15.6. The number of benzene rings is 3. The van der Waals surface area contributed by atoms with Crippen molar-refractivity contribution in [3.05, 3.63) is 93.9 Å². The molecule has 3 aromatic rings. The van der Waals surface area contributed by atoms with Gasteiger partial charge in [-0.2, -0.15) is 0 Å². The number of halogens is 1. The Hall–Kier alpha value is -3.55. The number of ether oxygens (including phenoxy) is 2. The first kappa shape index (κ1) is 21.7. The number of hydrogen-bond donors (Lipinski definition) is 1. The molecule has 0 radical (unpaired) electrons. The summed E-state index contributed by atoms with van der Waals surface area (Å²) in [4.78, 5) is 29.6. The van der Waals surface area contributed by atoms with E-state index >= 15 is 0 Å². The number of esters is 1. The Balaban J connectivity index is 1.47. The molecule has 0 unspecified atom stereocenters. The highest BCUT2D eigenvalue weighted by atomic mass is 35.5. The third-order valence-electron chi connectivity index (χ3n) is 4.40. The summed E-state index contributed by atoms with van der Waals surface area (Å²) in [6.45, 7) is 0. The quantitative estimate of drug-likeness (QED) is 0.308. The molecule has 4 rings (SSSR count). The lowest BCUT2D eigenvalue weighted by molar-refractivity contribution is -0.115. The predicted molar refractivity (Wildman–Crippen MR) is 127 cm³/mol. The number of nitrogens with one attached hydrogen (secondary N) is 1. The molecule has 1 fully saturated rings. The van der Waals surface area contributed by atoms with Crippen molar-refractivity contribution < 1.29 is 19.1 Å². The number of methoxy groups -OCH3 is 1. The van der Waals surface area contributed by atoms with Crippen LogP contribution in [0.1, 0.15) is 15.9 Å². The summed E-state index contributed by atoms with van der Waals surface area (Å²) >= 11 is 7.09. The summed E-state index contributed by atoms with van der Waals surface area (Å²) in [6.07, 6.45) is 1.72. The molecule has 6 nitrogen and oxygen atoms in total. The summed E-state index contributed by atoms with van der Waals surface area (Å²) < 4.78 is 10.6. The van der Waals surface area contributed by atoms with Crippen LogP contribution in [0.25, 0.3) is 6.08 Å². The molecule has 0 saturated carbocycles. The maximum absolute atomic E-state index is 12.4. The molecule has 0 atom stereocenters. The van der Waals surface area contributed by atoms with E-state index in [-0.39, 0.29) is 5.91 Å². The molecule has 0 bridgehead atoms. The molecule has 32 heavy (non-hydrogen) atoms. The van der Waals surface area contributed by atoms with E-state index in [1.54, 1.807) is 79.9 Å². The summed E-state index contributed by atoms with van der Waals surface area (Å²) in [5.41, 5.74) is 1.81. The first-order chi connectivity index (χ1) is 15.5. The number of hydrogen-bond acceptors (Lipinski definition) is 6. The predicted octanol–water partition coefficient (Wildman–Crippen LogP) is 5.46. The molecule has 1 amide bonds. The highest BCUT2D eigenvalue weighted by Crippen LogP contribution is 2.29. The average molecular weight is 465 g/mol. The Morgan fingerprint density at radius 2 is 1.78 bits per heavy atom. The van der Waals surface area contributed by atoms with Gasteiger partial charge in [-0.15, -0.1) is 0 Å². The fourth-order valence-electron chi connectivity index (χ4n) is 2.83. The van der Waals surface area contributed by atoms with Gasteiger partial charge >= 0.3 is 5.97 Å². The van der Waals surface area contributed by atoms with Crippen molar-refractivity contribution in [2.75, 3.05) is 7.11 Å². The van der Waals surface area contributed by atoms with Crippen molar-refractivity contribution >= 4 is 52.2 Å². The monoisotopic (exact) mass is 464 g/mol. The zero-order chi connectivity index (χ0) is 22.5. The lowest BCUT2D eigenvalue weighted by Crippen LogP contribution is -2.19. The van der Waals surface area contributed by atoms with E-state index in [4.69, 9.17) is 21.1 Å². The summed E-state index contributed by atoms with van der Waals surface area (Å²) in [7, 11) is 1.60. The second-order valence-electron chi connectivity index (χ2n) is 6.65. The van der Waals surface area contributed by atoms with Crippen LogP contribution < -0.4 is 14.8 Å². The highest BCUT2D eigenvalue weighted by Gasteiger charge is 2.24. The lowest BCUT2D eigenvalue weighted by Gasteiger charge is -2.05. The van der Waals surface area contributed by atoms with Crippen molar-refractivity contribution in [2.45, 2.75) is 0 Å². The number of carbonyl (C=O) groups excluding carboxylic acids is 2. The van der Waals surface area contributed by atoms with Crippen LogP contribution in [0.5, 0.6) is 11.5 Å². The molecule has 3 aromatic carbocycles. The second kappa shape index (κ2) is 9.72. The van der Waals surface area contributed by atoms with E-state index in [1.165, 1.54) is 11.8 Å². The fraction of sp³-hybridized carbons (Fsp3) is 0.0417. The van der Waals surface area contributed by atoms with Gasteiger partial charge in [0.05, 0.1) is 23.3 Å². The first-order valence-electron chi connectivity index (χ1n) is 9.51. The van der Waals surface area contributed by atoms with Crippen LogP contribution in [0.4, 0.5) is 5.69 Å². The number of rotatable bonds is 5. The molecule has 160 valence electrons. The number of thioether (sulfide) groups is 1. The summed E-state index contributed by atoms with van der Waals surface area (Å²) in [5, 5.41) is 3.77. The van der Waals surface area contributed by atoms with Crippen molar-refractivity contribution in [1.82, 2.24) is 5.32 Å². The standard InChI is InChI=1S/C24H17ClN2O4S/c1-30-19-11-9-18(10-12-19)26-24-27-22(28)21(32-24)14-15-3-2-4-20(13-15)31-23(29)16-5-7-17(25)8-6-16/h2-14H,1H3,(H,26,27,28). The molecule has 0 spiro atoms. The van der Waals surface area contributed by atoms with Gasteiger partial charge in [0.2, 0.25) is 0 Å². The smallest absolute Gasteiger partial charge is 0.343 e. The maximum Gasteiger partial charge on any atom is 0.343 e. The Labute approximate surface area is 193 Å². The number of aliphatic imine (C=N–C) groups is 1. The largest absolute Gasteiger partial charge is 0.497 e. The van der Waals surface area contributed by atoms with Gasteiger partial charge in [0, 0.05) is 5.02 Å². The minimum atomic E-state index is -0.492. The van der Waals surface area contributed by atoms with Gasteiger partial charge in [0.1, 0.15) is 11.5 Å². The van der Waals surface area contributed by atoms with E-state index in [1.807, 2.05) is 6.07 Å². The van der Waals surface area contributed by atoms with Gasteiger partial charge in [-0.3, -0.25) is 4.79 Å². The molecule has 1 heterocycles. The highest BCUT2D eigenvalue weighted by molar-refractivity contribution is 8.18. The van der Waals surface area contributed by atoms with Gasteiger partial charge in [0.25, 0.3) is 5.91 Å². The Bertz CT molecular complexity index is 1220. The van der Waals surface area contributed by atoms with Crippen LogP contribution in [0.15, 0.2) is 82.7 Å². The van der Waals surface area contributed by atoms with Gasteiger partial charge in [-0.1, -0.05) is 23.7 Å². The zero-order valence-corrected chi connectivity index (χ0v) is 18.4. The Morgan fingerprint density at radius 1 is 1.03 bits per heavy atom. The second-order valence-corrected chi connectivity index (χ2v) is 8.12. The third-order valence-corrected chi connectivity index (χ3v) is 5.56. The van der Waals surface area contributed by atoms with Crippen LogP contribution >= 0.6 is 23.4 Å². The Kier molecular flexibility index (Phi) is 6.58. The minimum Gasteiger partial charge on any atom is -0.497 e. The topological polar surface area (TPSA) is 77.0 Å². The molecule has 0 aliphatic carbocycles. The number of amidine groups is 1. The number of nitrogens with zero attached hydrogens (tertiary/aromatic N) is 1. The van der Waals surface area contributed by atoms with Crippen molar-refractivity contribution in [2.24, 2.45) is 4.99 Å². The molecule has 1 aliphatic heterocycles. The molecular formula is C24H17ClN2O4S. The molecule has 1 saturated heterocycles. The molecule has 1 N–H and O–H groups in total. The van der Waals surface area contributed by atoms with Crippen LogP contribution in [0, 0.1) is 0 Å². The Morgan fingerprint density at radius 3 is 2.50 bits per heavy atom. The molecular weight excluding hydrogens is 448 g/mol. The van der Waals surface area contributed by atoms with E-state index < -0.39 is 5.97 Å². The van der Waals surface area contributed by atoms with Gasteiger partial charge in [-0.25, -0.2) is 9.79 Å². The van der Waals surface area contributed by atoms with Crippen LogP contribution in [0.3, 0.4) is 0 Å². The van der Waals surface area contributed by atoms with Crippen molar-refractivity contribution in [1.29, 1.82) is 0 Å². The molecule has 0 aromatic heterocycles. The van der Waals surface area contributed by atoms with Crippen molar-refractivity contribution in [3.63, 3.8) is 0 Å². The number of carbonyl (C=O) groups is 2. The zero-order valence-electron chi connectivity index (χ0n) is 16.9. The van der Waals surface area contributed by atoms with Gasteiger partial charge in [0.15, 0.2) is 5.17 Å². The van der Waals surface area contributed by atoms with E-state index in [2.05, 4.69) is 10.3 Å². The first-order valence-corrected chi connectivity index (χ1v) is 10.7. The van der Waals surface area contributed by atoms with Crippen LogP contribution in [-0.2, 0) is 4.79 Å². The summed E-state index contributed by atoms with van der Waals surface area (Å²) in [6, 6.07) is 20.6.